The van der Waals surface area contributed by atoms with Gasteiger partial charge in [-0.3, -0.25) is 4.79 Å². The van der Waals surface area contributed by atoms with Crippen molar-refractivity contribution in [3.05, 3.63) is 28.2 Å². The Morgan fingerprint density at radius 1 is 1.47 bits per heavy atom. The molecule has 0 aliphatic rings. The monoisotopic (exact) mass is 272 g/mol. The second-order valence-corrected chi connectivity index (χ2v) is 4.23. The molecule has 0 saturated carbocycles. The predicted octanol–water partition coefficient (Wildman–Crippen LogP) is 2.41. The molecule has 0 fully saturated rings. The third kappa shape index (κ3) is 3.32. The first-order valence-corrected chi connectivity index (χ1v) is 5.43. The fraction of sp³-hybridized carbons (Fsp3) is 0.364. The molecule has 0 spiro atoms. The van der Waals surface area contributed by atoms with Crippen LogP contribution in [0.15, 0.2) is 22.7 Å². The van der Waals surface area contributed by atoms with Gasteiger partial charge in [0.15, 0.2) is 0 Å². The molecule has 0 aromatic heterocycles. The number of aliphatic hydroxyl groups is 1. The Balaban J connectivity index is 2.82. The number of carbonyl (C=O) groups excluding carboxylic acids is 1. The summed E-state index contributed by atoms with van der Waals surface area (Å²) in [6.45, 7) is 3.45. The van der Waals surface area contributed by atoms with Gasteiger partial charge in [-0.15, -0.1) is 0 Å². The molecule has 2 unspecified atom stereocenters. The van der Waals surface area contributed by atoms with Gasteiger partial charge >= 0.3 is 0 Å². The van der Waals surface area contributed by atoms with Gasteiger partial charge in [0, 0.05) is 5.56 Å². The topological polar surface area (TPSA) is 46.5 Å². The number of benzene rings is 1. The van der Waals surface area contributed by atoms with E-state index in [1.54, 1.807) is 32.0 Å². The summed E-state index contributed by atoms with van der Waals surface area (Å²) in [6.07, 6.45) is -0.0573. The summed E-state index contributed by atoms with van der Waals surface area (Å²) in [5, 5.41) is 9.28. The minimum Gasteiger partial charge on any atom is -0.487 e. The van der Waals surface area contributed by atoms with Crippen LogP contribution in [0, 0.1) is 0 Å². The van der Waals surface area contributed by atoms with E-state index in [2.05, 4.69) is 15.9 Å². The minimum atomic E-state index is -0.539. The zero-order valence-electron chi connectivity index (χ0n) is 8.61. The van der Waals surface area contributed by atoms with Crippen molar-refractivity contribution < 1.29 is 14.6 Å². The number of halogens is 1. The highest BCUT2D eigenvalue weighted by Crippen LogP contribution is 2.26. The molecule has 1 aromatic carbocycles. The Morgan fingerprint density at radius 2 is 2.13 bits per heavy atom. The van der Waals surface area contributed by atoms with Crippen molar-refractivity contribution in [2.75, 3.05) is 0 Å². The van der Waals surface area contributed by atoms with E-state index >= 15 is 0 Å². The van der Waals surface area contributed by atoms with E-state index in [0.29, 0.717) is 15.8 Å². The van der Waals surface area contributed by atoms with E-state index in [-0.39, 0.29) is 6.10 Å². The lowest BCUT2D eigenvalue weighted by Crippen LogP contribution is -2.25. The summed E-state index contributed by atoms with van der Waals surface area (Å²) >= 11 is 3.30. The molecule has 0 aliphatic carbocycles. The maximum atomic E-state index is 10.5. The van der Waals surface area contributed by atoms with Gasteiger partial charge in [-0.1, -0.05) is 0 Å². The third-order valence-corrected chi connectivity index (χ3v) is 2.70. The summed E-state index contributed by atoms with van der Waals surface area (Å²) in [6, 6.07) is 5.05. The molecule has 0 saturated heterocycles. The van der Waals surface area contributed by atoms with E-state index in [1.807, 2.05) is 0 Å². The Labute approximate surface area is 97.2 Å². The van der Waals surface area contributed by atoms with Crippen molar-refractivity contribution in [1.82, 2.24) is 0 Å². The second-order valence-electron chi connectivity index (χ2n) is 3.37. The fourth-order valence-electron chi connectivity index (χ4n) is 0.985. The SMILES string of the molecule is CC(O)C(C)Oc1ccc(C=O)cc1Br. The number of ether oxygens (including phenoxy) is 1. The normalized spacial score (nSPS) is 14.4. The van der Waals surface area contributed by atoms with Gasteiger partial charge in [0.05, 0.1) is 10.6 Å². The van der Waals surface area contributed by atoms with Gasteiger partial charge in [-0.05, 0) is 48.0 Å². The van der Waals surface area contributed by atoms with Crippen LogP contribution in [0.4, 0.5) is 0 Å². The number of aldehydes is 1. The molecule has 0 aliphatic heterocycles. The number of aliphatic hydroxyl groups excluding tert-OH is 1. The molecule has 0 bridgehead atoms. The zero-order chi connectivity index (χ0) is 11.4. The van der Waals surface area contributed by atoms with Crippen LogP contribution in [-0.2, 0) is 0 Å². The van der Waals surface area contributed by atoms with Gasteiger partial charge < -0.3 is 9.84 Å². The van der Waals surface area contributed by atoms with Crippen LogP contribution >= 0.6 is 15.9 Å². The number of rotatable bonds is 4. The molecule has 3 nitrogen and oxygen atoms in total. The first kappa shape index (κ1) is 12.2. The van der Waals surface area contributed by atoms with Crippen LogP contribution in [0.1, 0.15) is 24.2 Å². The molecular weight excluding hydrogens is 260 g/mol. The van der Waals surface area contributed by atoms with Crippen LogP contribution in [-0.4, -0.2) is 23.6 Å². The van der Waals surface area contributed by atoms with Crippen LogP contribution in [0.25, 0.3) is 0 Å². The number of carbonyl (C=O) groups is 1. The van der Waals surface area contributed by atoms with Gasteiger partial charge in [0.2, 0.25) is 0 Å². The molecular formula is C11H13BrO3. The zero-order valence-corrected chi connectivity index (χ0v) is 10.2. The largest absolute Gasteiger partial charge is 0.487 e. The summed E-state index contributed by atoms with van der Waals surface area (Å²) in [5.74, 6) is 0.619. The molecule has 4 heteroatoms. The molecule has 2 atom stereocenters. The molecule has 1 aromatic rings. The smallest absolute Gasteiger partial charge is 0.150 e. The quantitative estimate of drug-likeness (QED) is 0.857. The van der Waals surface area contributed by atoms with Crippen LogP contribution < -0.4 is 4.74 Å². The third-order valence-electron chi connectivity index (χ3n) is 2.08. The van der Waals surface area contributed by atoms with Crippen LogP contribution in [0.5, 0.6) is 5.75 Å². The van der Waals surface area contributed by atoms with E-state index < -0.39 is 6.10 Å². The first-order chi connectivity index (χ1) is 7.04. The standard InChI is InChI=1S/C11H13BrO3/c1-7(14)8(2)15-11-4-3-9(6-13)5-10(11)12/h3-8,14H,1-2H3. The second kappa shape index (κ2) is 5.28. The maximum Gasteiger partial charge on any atom is 0.150 e. The van der Waals surface area contributed by atoms with Gasteiger partial charge in [-0.25, -0.2) is 0 Å². The fourth-order valence-corrected chi connectivity index (χ4v) is 1.47. The average Bonchev–Trinajstić information content (AvgIpc) is 2.20. The predicted molar refractivity (Wildman–Crippen MR) is 61.3 cm³/mol. The number of hydrogen-bond donors (Lipinski definition) is 1. The van der Waals surface area contributed by atoms with E-state index in [0.717, 1.165) is 6.29 Å². The lowest BCUT2D eigenvalue weighted by molar-refractivity contribution is 0.0599. The van der Waals surface area contributed by atoms with Crippen LogP contribution in [0.3, 0.4) is 0 Å². The van der Waals surface area contributed by atoms with Crippen molar-refractivity contribution in [2.24, 2.45) is 0 Å². The average molecular weight is 273 g/mol. The molecule has 82 valence electrons. The van der Waals surface area contributed by atoms with E-state index in [4.69, 9.17) is 4.74 Å². The lowest BCUT2D eigenvalue weighted by Gasteiger charge is -2.18. The Bertz CT molecular complexity index is 350. The van der Waals surface area contributed by atoms with Gasteiger partial charge in [-0.2, -0.15) is 0 Å². The van der Waals surface area contributed by atoms with Crippen molar-refractivity contribution >= 4 is 22.2 Å². The maximum absolute atomic E-state index is 10.5. The molecule has 0 amide bonds. The van der Waals surface area contributed by atoms with Crippen molar-refractivity contribution in [2.45, 2.75) is 26.1 Å². The molecule has 0 heterocycles. The highest BCUT2D eigenvalue weighted by molar-refractivity contribution is 9.10. The van der Waals surface area contributed by atoms with Gasteiger partial charge in [0.25, 0.3) is 0 Å². The van der Waals surface area contributed by atoms with Crippen LogP contribution in [0.2, 0.25) is 0 Å². The van der Waals surface area contributed by atoms with Crippen molar-refractivity contribution in [3.8, 4) is 5.75 Å². The highest BCUT2D eigenvalue weighted by Gasteiger charge is 2.12. The molecule has 0 radical (unpaired) electrons. The summed E-state index contributed by atoms with van der Waals surface area (Å²) in [5.41, 5.74) is 0.582. The van der Waals surface area contributed by atoms with E-state index in [9.17, 15) is 9.90 Å². The minimum absolute atomic E-state index is 0.289. The van der Waals surface area contributed by atoms with E-state index in [1.165, 1.54) is 0 Å². The Kier molecular flexibility index (Phi) is 4.29. The number of hydrogen-bond acceptors (Lipinski definition) is 3. The molecule has 1 N–H and O–H groups in total. The molecule has 15 heavy (non-hydrogen) atoms. The Hall–Kier alpha value is -0.870. The first-order valence-electron chi connectivity index (χ1n) is 4.64. The summed E-state index contributed by atoms with van der Waals surface area (Å²) < 4.78 is 6.20. The summed E-state index contributed by atoms with van der Waals surface area (Å²) in [7, 11) is 0. The lowest BCUT2D eigenvalue weighted by atomic mass is 10.2. The van der Waals surface area contributed by atoms with Gasteiger partial charge in [0.1, 0.15) is 18.1 Å². The highest BCUT2D eigenvalue weighted by atomic mass is 79.9. The summed E-state index contributed by atoms with van der Waals surface area (Å²) in [4.78, 5) is 10.5. The Morgan fingerprint density at radius 3 is 2.60 bits per heavy atom. The van der Waals surface area contributed by atoms with Crippen molar-refractivity contribution in [1.29, 1.82) is 0 Å². The van der Waals surface area contributed by atoms with Crippen molar-refractivity contribution in [3.63, 3.8) is 0 Å². The molecule has 1 rings (SSSR count).